The molecule has 0 N–H and O–H groups in total. The third kappa shape index (κ3) is 3.92. The number of rotatable bonds is 6. The van der Waals surface area contributed by atoms with Crippen molar-refractivity contribution >= 4 is 23.2 Å². The number of thioether (sulfide) groups is 1. The van der Waals surface area contributed by atoms with Crippen LogP contribution in [0, 0.1) is 0 Å². The van der Waals surface area contributed by atoms with Crippen LogP contribution >= 0.6 is 11.8 Å². The van der Waals surface area contributed by atoms with Crippen LogP contribution < -0.4 is 4.90 Å². The zero-order valence-corrected chi connectivity index (χ0v) is 18.4. The van der Waals surface area contributed by atoms with Crippen LogP contribution in [-0.4, -0.2) is 28.3 Å². The van der Waals surface area contributed by atoms with Crippen molar-refractivity contribution in [1.29, 1.82) is 0 Å². The van der Waals surface area contributed by atoms with Crippen molar-refractivity contribution in [2.24, 2.45) is 0 Å². The Kier molecular flexibility index (Phi) is 5.52. The summed E-state index contributed by atoms with van der Waals surface area (Å²) < 4.78 is 5.75. The minimum Gasteiger partial charge on any atom is -0.416 e. The lowest BCUT2D eigenvalue weighted by molar-refractivity contribution is -0.114. The molecule has 0 saturated heterocycles. The highest BCUT2D eigenvalue weighted by atomic mass is 32.2. The van der Waals surface area contributed by atoms with Gasteiger partial charge >= 0.3 is 0 Å². The first-order valence-corrected chi connectivity index (χ1v) is 10.9. The summed E-state index contributed by atoms with van der Waals surface area (Å²) in [4.78, 5) is 15.1. The predicted octanol–water partition coefficient (Wildman–Crippen LogP) is 5.02. The second-order valence-electron chi connectivity index (χ2n) is 8.02. The van der Waals surface area contributed by atoms with Gasteiger partial charge in [-0.05, 0) is 24.1 Å². The fourth-order valence-corrected chi connectivity index (χ4v) is 4.57. The van der Waals surface area contributed by atoms with Crippen LogP contribution in [-0.2, 0) is 16.6 Å². The van der Waals surface area contributed by atoms with Crippen molar-refractivity contribution in [3.05, 3.63) is 83.4 Å². The number of likely N-dealkylation sites (N-methyl/N-ethyl adjacent to an activating group) is 1. The van der Waals surface area contributed by atoms with Gasteiger partial charge in [0.05, 0.1) is 11.7 Å². The van der Waals surface area contributed by atoms with E-state index in [1.807, 2.05) is 56.4 Å². The van der Waals surface area contributed by atoms with E-state index in [2.05, 4.69) is 41.1 Å². The van der Waals surface area contributed by atoms with Crippen LogP contribution in [0.2, 0.25) is 0 Å². The van der Waals surface area contributed by atoms with Gasteiger partial charge in [-0.15, -0.1) is 10.2 Å². The first-order valence-electron chi connectivity index (χ1n) is 9.98. The van der Waals surface area contributed by atoms with Gasteiger partial charge in [-0.1, -0.05) is 74.1 Å². The Morgan fingerprint density at radius 3 is 2.57 bits per heavy atom. The quantitative estimate of drug-likeness (QED) is 0.413. The monoisotopic (exact) mass is 419 g/mol. The van der Waals surface area contributed by atoms with Gasteiger partial charge in [-0.3, -0.25) is 4.79 Å². The Morgan fingerprint density at radius 1 is 1.13 bits per heavy atom. The van der Waals surface area contributed by atoms with E-state index in [0.717, 1.165) is 16.9 Å². The van der Waals surface area contributed by atoms with E-state index in [0.29, 0.717) is 17.5 Å². The number of para-hydroxylation sites is 1. The van der Waals surface area contributed by atoms with Gasteiger partial charge in [0.1, 0.15) is 0 Å². The number of fused-ring (bicyclic) bond motifs is 1. The molecule has 1 aromatic heterocycles. The lowest BCUT2D eigenvalue weighted by atomic mass is 9.83. The topological polar surface area (TPSA) is 59.2 Å². The van der Waals surface area contributed by atoms with Gasteiger partial charge in [0.2, 0.25) is 5.89 Å². The molecule has 6 heteroatoms. The first kappa shape index (κ1) is 20.4. The van der Waals surface area contributed by atoms with E-state index in [4.69, 9.17) is 4.42 Å². The Morgan fingerprint density at radius 2 is 1.83 bits per heavy atom. The SMILES string of the molecule is C[C@H](Sc1nnc(Cc2ccccc2)o1)C(=O)/C=C1/N(C)c2ccccc2C1(C)C. The highest BCUT2D eigenvalue weighted by Gasteiger charge is 2.38. The van der Waals surface area contributed by atoms with Crippen LogP contribution in [0.1, 0.15) is 37.8 Å². The van der Waals surface area contributed by atoms with E-state index in [9.17, 15) is 4.79 Å². The summed E-state index contributed by atoms with van der Waals surface area (Å²) in [6.45, 7) is 6.18. The van der Waals surface area contributed by atoms with Crippen LogP contribution in [0.15, 0.2) is 76.0 Å². The molecule has 1 aliphatic heterocycles. The molecule has 2 aromatic carbocycles. The molecule has 0 aliphatic carbocycles. The molecule has 30 heavy (non-hydrogen) atoms. The smallest absolute Gasteiger partial charge is 0.277 e. The first-order chi connectivity index (χ1) is 14.4. The minimum absolute atomic E-state index is 0.0329. The Bertz CT molecular complexity index is 1090. The van der Waals surface area contributed by atoms with Crippen molar-refractivity contribution in [2.45, 2.75) is 43.1 Å². The number of anilines is 1. The molecule has 0 amide bonds. The maximum atomic E-state index is 13.0. The summed E-state index contributed by atoms with van der Waals surface area (Å²) in [6, 6.07) is 18.3. The summed E-state index contributed by atoms with van der Waals surface area (Å²) >= 11 is 1.30. The average molecular weight is 420 g/mol. The zero-order valence-electron chi connectivity index (χ0n) is 17.6. The zero-order chi connectivity index (χ0) is 21.3. The molecule has 4 rings (SSSR count). The molecular weight excluding hydrogens is 394 g/mol. The molecule has 0 spiro atoms. The van der Waals surface area contributed by atoms with Gasteiger partial charge in [0.15, 0.2) is 5.78 Å². The highest BCUT2D eigenvalue weighted by molar-refractivity contribution is 8.00. The van der Waals surface area contributed by atoms with Crippen molar-refractivity contribution in [1.82, 2.24) is 10.2 Å². The Labute approximate surface area is 181 Å². The van der Waals surface area contributed by atoms with Crippen molar-refractivity contribution < 1.29 is 9.21 Å². The molecular formula is C24H25N3O2S. The number of hydrogen-bond donors (Lipinski definition) is 0. The van der Waals surface area contributed by atoms with Crippen LogP contribution in [0.3, 0.4) is 0 Å². The Balaban J connectivity index is 1.46. The lowest BCUT2D eigenvalue weighted by Gasteiger charge is -2.24. The van der Waals surface area contributed by atoms with Crippen LogP contribution in [0.5, 0.6) is 0 Å². The number of carbonyl (C=O) groups is 1. The van der Waals surface area contributed by atoms with Gasteiger partial charge in [0, 0.05) is 29.9 Å². The van der Waals surface area contributed by atoms with E-state index in [-0.39, 0.29) is 16.4 Å². The summed E-state index contributed by atoms with van der Waals surface area (Å²) in [5.74, 6) is 0.583. The van der Waals surface area contributed by atoms with E-state index in [1.54, 1.807) is 6.08 Å². The van der Waals surface area contributed by atoms with Crippen molar-refractivity contribution in [3.63, 3.8) is 0 Å². The molecule has 2 heterocycles. The highest BCUT2D eigenvalue weighted by Crippen LogP contribution is 2.46. The number of aromatic nitrogens is 2. The molecule has 0 radical (unpaired) electrons. The third-order valence-electron chi connectivity index (χ3n) is 5.54. The summed E-state index contributed by atoms with van der Waals surface area (Å²) in [6.07, 6.45) is 2.34. The summed E-state index contributed by atoms with van der Waals surface area (Å²) in [7, 11) is 2.01. The summed E-state index contributed by atoms with van der Waals surface area (Å²) in [5.41, 5.74) is 4.26. The van der Waals surface area contributed by atoms with Crippen molar-refractivity contribution in [2.75, 3.05) is 11.9 Å². The van der Waals surface area contributed by atoms with Crippen LogP contribution in [0.25, 0.3) is 0 Å². The minimum atomic E-state index is -0.324. The van der Waals surface area contributed by atoms with E-state index < -0.39 is 0 Å². The third-order valence-corrected chi connectivity index (χ3v) is 6.50. The summed E-state index contributed by atoms with van der Waals surface area (Å²) in [5, 5.41) is 8.32. The van der Waals surface area contributed by atoms with Gasteiger partial charge in [-0.25, -0.2) is 0 Å². The maximum Gasteiger partial charge on any atom is 0.277 e. The van der Waals surface area contributed by atoms with Gasteiger partial charge in [-0.2, -0.15) is 0 Å². The number of carbonyl (C=O) groups excluding carboxylic acids is 1. The van der Waals surface area contributed by atoms with Gasteiger partial charge in [0.25, 0.3) is 5.22 Å². The van der Waals surface area contributed by atoms with Gasteiger partial charge < -0.3 is 9.32 Å². The fraction of sp³-hybridized carbons (Fsp3) is 0.292. The molecule has 0 fully saturated rings. The molecule has 3 aromatic rings. The maximum absolute atomic E-state index is 13.0. The standard InChI is InChI=1S/C24H25N3O2S/c1-16(30-23-26-25-22(29-23)14-17-10-6-5-7-11-17)20(28)15-21-24(2,3)18-12-8-9-13-19(18)27(21)4/h5-13,15-16H,14H2,1-4H3/b21-15+/t16-/m0/s1. The fourth-order valence-electron chi connectivity index (χ4n) is 3.85. The predicted molar refractivity (Wildman–Crippen MR) is 120 cm³/mol. The molecule has 154 valence electrons. The number of hydrogen-bond acceptors (Lipinski definition) is 6. The molecule has 1 atom stereocenters. The molecule has 0 saturated carbocycles. The molecule has 0 unspecified atom stereocenters. The number of nitrogens with zero attached hydrogens (tertiary/aromatic N) is 3. The van der Waals surface area contributed by atoms with E-state index >= 15 is 0 Å². The average Bonchev–Trinajstić information content (AvgIpc) is 3.25. The second kappa shape index (κ2) is 8.11. The molecule has 0 bridgehead atoms. The Hall–Kier alpha value is -2.86. The number of benzene rings is 2. The largest absolute Gasteiger partial charge is 0.416 e. The van der Waals surface area contributed by atoms with Crippen LogP contribution in [0.4, 0.5) is 5.69 Å². The second-order valence-corrected chi connectivity index (χ2v) is 9.31. The molecule has 5 nitrogen and oxygen atoms in total. The lowest BCUT2D eigenvalue weighted by Crippen LogP contribution is -2.25. The number of ketones is 1. The van der Waals surface area contributed by atoms with Crippen molar-refractivity contribution in [3.8, 4) is 0 Å². The van der Waals surface area contributed by atoms with E-state index in [1.165, 1.54) is 17.3 Å². The molecule has 1 aliphatic rings. The normalized spacial score (nSPS) is 17.2. The number of allylic oxidation sites excluding steroid dienone is 2.